The number of alkyl halides is 3. The van der Waals surface area contributed by atoms with Crippen molar-refractivity contribution in [3.8, 4) is 0 Å². The molecule has 0 aromatic carbocycles. The number of nitrogens with one attached hydrogen (secondary N) is 1. The van der Waals surface area contributed by atoms with Gasteiger partial charge in [-0.05, 0) is 35.8 Å². The summed E-state index contributed by atoms with van der Waals surface area (Å²) in [4.78, 5) is 4.15. The summed E-state index contributed by atoms with van der Waals surface area (Å²) in [5.74, 6) is -1.12. The molecule has 0 aliphatic heterocycles. The van der Waals surface area contributed by atoms with Crippen LogP contribution in [0.2, 0.25) is 5.02 Å². The van der Waals surface area contributed by atoms with Gasteiger partial charge in [0.1, 0.15) is 5.69 Å². The topological polar surface area (TPSA) is 51.0 Å². The molecule has 2 rings (SSSR count). The molecule has 2 aromatic rings. The highest BCUT2D eigenvalue weighted by atomic mass is 79.9. The minimum atomic E-state index is -4.55. The first-order chi connectivity index (χ1) is 10.1. The summed E-state index contributed by atoms with van der Waals surface area (Å²) in [7, 11) is 0. The molecule has 0 saturated carbocycles. The van der Waals surface area contributed by atoms with Crippen molar-refractivity contribution in [1.29, 1.82) is 0 Å². The van der Waals surface area contributed by atoms with Crippen molar-refractivity contribution in [2.75, 3.05) is 0 Å². The lowest BCUT2D eigenvalue weighted by Gasteiger charge is -2.23. The molecular formula is C13H12BrClF3N3O. The van der Waals surface area contributed by atoms with E-state index in [4.69, 9.17) is 11.6 Å². The van der Waals surface area contributed by atoms with Crippen LogP contribution in [0.3, 0.4) is 0 Å². The summed E-state index contributed by atoms with van der Waals surface area (Å²) in [6.45, 7) is 3.72. The molecule has 4 nitrogen and oxygen atoms in total. The largest absolute Gasteiger partial charge is 0.452 e. The van der Waals surface area contributed by atoms with E-state index >= 15 is 0 Å². The average Bonchev–Trinajstić information content (AvgIpc) is 2.87. The number of pyridine rings is 1. The van der Waals surface area contributed by atoms with Gasteiger partial charge in [0.05, 0.1) is 16.3 Å². The van der Waals surface area contributed by atoms with Crippen molar-refractivity contribution in [3.05, 3.63) is 45.0 Å². The van der Waals surface area contributed by atoms with Gasteiger partial charge < -0.3 is 9.84 Å². The van der Waals surface area contributed by atoms with Crippen LogP contribution in [-0.4, -0.2) is 10.1 Å². The van der Waals surface area contributed by atoms with Gasteiger partial charge in [0.2, 0.25) is 5.76 Å². The maximum Gasteiger partial charge on any atom is 0.452 e. The van der Waals surface area contributed by atoms with Crippen molar-refractivity contribution < 1.29 is 17.7 Å². The monoisotopic (exact) mass is 397 g/mol. The van der Waals surface area contributed by atoms with Crippen LogP contribution in [0.25, 0.3) is 0 Å². The number of halogens is 5. The highest BCUT2D eigenvalue weighted by Gasteiger charge is 2.38. The van der Waals surface area contributed by atoms with Crippen LogP contribution < -0.4 is 5.32 Å². The highest BCUT2D eigenvalue weighted by Crippen LogP contribution is 2.32. The zero-order valence-electron chi connectivity index (χ0n) is 11.6. The van der Waals surface area contributed by atoms with Gasteiger partial charge in [-0.1, -0.05) is 16.8 Å². The van der Waals surface area contributed by atoms with E-state index in [1.807, 2.05) is 0 Å². The van der Waals surface area contributed by atoms with E-state index in [1.54, 1.807) is 19.9 Å². The van der Waals surface area contributed by atoms with Gasteiger partial charge in [0, 0.05) is 23.3 Å². The molecule has 1 N–H and O–H groups in total. The Morgan fingerprint density at radius 1 is 1.32 bits per heavy atom. The fourth-order valence-corrected chi connectivity index (χ4v) is 2.45. The van der Waals surface area contributed by atoms with Gasteiger partial charge in [-0.3, -0.25) is 4.98 Å². The van der Waals surface area contributed by atoms with Crippen LogP contribution in [0.15, 0.2) is 27.3 Å². The summed E-state index contributed by atoms with van der Waals surface area (Å²) in [5.41, 5.74) is 0.00948. The SMILES string of the molecule is CC(C)(NCc1ncc(Cl)cc1Br)c1cc(C(F)(F)F)on1. The summed E-state index contributed by atoms with van der Waals surface area (Å²) in [5, 5.41) is 7.07. The third-order valence-electron chi connectivity index (χ3n) is 3.01. The van der Waals surface area contributed by atoms with E-state index in [0.717, 1.165) is 6.07 Å². The van der Waals surface area contributed by atoms with Gasteiger partial charge in [0.15, 0.2) is 0 Å². The minimum Gasteiger partial charge on any atom is -0.351 e. The van der Waals surface area contributed by atoms with Crippen LogP contribution >= 0.6 is 27.5 Å². The lowest BCUT2D eigenvalue weighted by atomic mass is 10.0. The van der Waals surface area contributed by atoms with E-state index in [-0.39, 0.29) is 5.69 Å². The molecule has 0 atom stereocenters. The molecule has 0 bridgehead atoms. The predicted octanol–water partition coefficient (Wildman–Crippen LogP) is 4.53. The second-order valence-electron chi connectivity index (χ2n) is 5.13. The molecule has 0 saturated heterocycles. The van der Waals surface area contributed by atoms with E-state index in [1.165, 1.54) is 6.20 Å². The van der Waals surface area contributed by atoms with Gasteiger partial charge in [-0.25, -0.2) is 0 Å². The fraction of sp³-hybridized carbons (Fsp3) is 0.385. The van der Waals surface area contributed by atoms with E-state index < -0.39 is 17.5 Å². The Hall–Kier alpha value is -1.12. The van der Waals surface area contributed by atoms with Crippen molar-refractivity contribution in [3.63, 3.8) is 0 Å². The fourth-order valence-electron chi connectivity index (χ4n) is 1.67. The number of rotatable bonds is 4. The Kier molecular flexibility index (Phi) is 4.84. The average molecular weight is 399 g/mol. The predicted molar refractivity (Wildman–Crippen MR) is 78.3 cm³/mol. The Morgan fingerprint density at radius 3 is 2.55 bits per heavy atom. The van der Waals surface area contributed by atoms with Gasteiger partial charge >= 0.3 is 6.18 Å². The lowest BCUT2D eigenvalue weighted by molar-refractivity contribution is -0.155. The second-order valence-corrected chi connectivity index (χ2v) is 6.43. The lowest BCUT2D eigenvalue weighted by Crippen LogP contribution is -2.36. The van der Waals surface area contributed by atoms with E-state index in [0.29, 0.717) is 21.7 Å². The summed E-state index contributed by atoms with van der Waals surface area (Å²) in [6, 6.07) is 2.58. The highest BCUT2D eigenvalue weighted by molar-refractivity contribution is 9.10. The third kappa shape index (κ3) is 3.99. The molecular weight excluding hydrogens is 387 g/mol. The molecule has 2 aromatic heterocycles. The van der Waals surface area contributed by atoms with Crippen molar-refractivity contribution in [1.82, 2.24) is 15.5 Å². The van der Waals surface area contributed by atoms with Gasteiger partial charge in [0.25, 0.3) is 0 Å². The van der Waals surface area contributed by atoms with Crippen LogP contribution in [0.1, 0.15) is 31.0 Å². The second kappa shape index (κ2) is 6.17. The molecule has 0 aliphatic carbocycles. The van der Waals surface area contributed by atoms with Gasteiger partial charge in [-0.15, -0.1) is 0 Å². The number of aromatic nitrogens is 2. The Bertz CT molecular complexity index is 673. The zero-order chi connectivity index (χ0) is 16.5. The summed E-state index contributed by atoms with van der Waals surface area (Å²) >= 11 is 9.14. The maximum atomic E-state index is 12.5. The Labute approximate surface area is 138 Å². The third-order valence-corrected chi connectivity index (χ3v) is 3.90. The van der Waals surface area contributed by atoms with E-state index in [9.17, 15) is 13.2 Å². The number of hydrogen-bond donors (Lipinski definition) is 1. The van der Waals surface area contributed by atoms with E-state index in [2.05, 4.69) is 35.9 Å². The Balaban J connectivity index is 2.12. The first-order valence-corrected chi connectivity index (χ1v) is 7.36. The van der Waals surface area contributed by atoms with Gasteiger partial charge in [-0.2, -0.15) is 13.2 Å². The standard InChI is InChI=1S/C13H12BrClF3N3O/c1-12(2,10-4-11(22-21-10)13(16,17)18)20-6-9-8(14)3-7(15)5-19-9/h3-5,20H,6H2,1-2H3. The molecule has 0 aliphatic rings. The molecule has 0 fully saturated rings. The molecule has 120 valence electrons. The summed E-state index contributed by atoms with van der Waals surface area (Å²) in [6.07, 6.45) is -3.06. The number of hydrogen-bond acceptors (Lipinski definition) is 4. The maximum absolute atomic E-state index is 12.5. The minimum absolute atomic E-state index is 0.157. The van der Waals surface area contributed by atoms with Crippen LogP contribution in [0, 0.1) is 0 Å². The molecule has 22 heavy (non-hydrogen) atoms. The molecule has 2 heterocycles. The normalized spacial score (nSPS) is 12.7. The first-order valence-electron chi connectivity index (χ1n) is 6.19. The molecule has 0 radical (unpaired) electrons. The molecule has 9 heteroatoms. The van der Waals surface area contributed by atoms with Crippen molar-refractivity contribution >= 4 is 27.5 Å². The van der Waals surface area contributed by atoms with Crippen molar-refractivity contribution in [2.24, 2.45) is 0 Å². The molecule has 0 unspecified atom stereocenters. The van der Waals surface area contributed by atoms with Crippen LogP contribution in [0.5, 0.6) is 0 Å². The zero-order valence-corrected chi connectivity index (χ0v) is 14.0. The number of nitrogens with zero attached hydrogens (tertiary/aromatic N) is 2. The van der Waals surface area contributed by atoms with Crippen LogP contribution in [0.4, 0.5) is 13.2 Å². The first kappa shape index (κ1) is 17.2. The summed E-state index contributed by atoms with van der Waals surface area (Å²) < 4.78 is 42.7. The smallest absolute Gasteiger partial charge is 0.351 e. The van der Waals surface area contributed by atoms with Crippen molar-refractivity contribution in [2.45, 2.75) is 32.1 Å². The quantitative estimate of drug-likeness (QED) is 0.822. The molecule has 0 amide bonds. The molecule has 0 spiro atoms. The van der Waals surface area contributed by atoms with Crippen LogP contribution in [-0.2, 0) is 18.3 Å². The Morgan fingerprint density at radius 2 is 2.00 bits per heavy atom.